The van der Waals surface area contributed by atoms with E-state index in [4.69, 9.17) is 37.9 Å². The molecule has 2 aromatic heterocycles. The van der Waals surface area contributed by atoms with Crippen molar-refractivity contribution in [1.82, 2.24) is 29.2 Å². The zero-order valence-electron chi connectivity index (χ0n) is 67.3. The number of Topliss-reactive ketones (excluding diaryl/α,β-unsaturated/α-hetero) is 2. The first-order valence-corrected chi connectivity index (χ1v) is 42.5. The maximum absolute atomic E-state index is 15.1. The molecular weight excluding hydrogens is 1480 g/mol. The van der Waals surface area contributed by atoms with E-state index in [0.29, 0.717) is 98.2 Å². The first-order valence-electron chi connectivity index (χ1n) is 39.5. The zero-order chi connectivity index (χ0) is 81.3. The molecule has 4 amide bonds. The van der Waals surface area contributed by atoms with Crippen molar-refractivity contribution in [3.63, 3.8) is 0 Å². The molecule has 2 saturated heterocycles. The third-order valence-corrected chi connectivity index (χ3v) is 28.4. The minimum atomic E-state index is -3.96. The molecule has 6 heterocycles. The monoisotopic (exact) mass is 1590 g/mol. The Morgan fingerprint density at radius 3 is 1.22 bits per heavy atom. The first-order chi connectivity index (χ1) is 52.8. The highest BCUT2D eigenvalue weighted by molar-refractivity contribution is 7.92. The lowest BCUT2D eigenvalue weighted by molar-refractivity contribution is -0.161. The number of rotatable bonds is 20. The van der Waals surface area contributed by atoms with Crippen molar-refractivity contribution < 1.29 is 93.1 Å². The number of carbonyl (C=O) groups excluding carboxylic acids is 8. The van der Waals surface area contributed by atoms with Gasteiger partial charge in [-0.25, -0.2) is 26.8 Å². The molecule has 4 aliphatic carbocycles. The molecule has 612 valence electrons. The van der Waals surface area contributed by atoms with Crippen LogP contribution in [0.15, 0.2) is 85.2 Å². The molecule has 0 bridgehead atoms. The second kappa shape index (κ2) is 33.8. The molecule has 14 atom stereocenters. The van der Waals surface area contributed by atoms with Gasteiger partial charge in [-0.05, 0) is 180 Å². The Bertz CT molecular complexity index is 4220. The van der Waals surface area contributed by atoms with Gasteiger partial charge in [-0.2, -0.15) is 0 Å². The second-order valence-electron chi connectivity index (χ2n) is 35.2. The van der Waals surface area contributed by atoms with Crippen molar-refractivity contribution in [2.45, 2.75) is 230 Å². The zero-order valence-corrected chi connectivity index (χ0v) is 69.0. The third kappa shape index (κ3) is 19.3. The summed E-state index contributed by atoms with van der Waals surface area (Å²) < 4.78 is 103. The van der Waals surface area contributed by atoms with Crippen molar-refractivity contribution >= 4 is 88.7 Å². The van der Waals surface area contributed by atoms with E-state index in [1.165, 1.54) is 9.80 Å². The van der Waals surface area contributed by atoms with Gasteiger partial charge in [-0.3, -0.25) is 47.8 Å². The van der Waals surface area contributed by atoms with E-state index in [1.54, 1.807) is 96.2 Å². The number of benzene rings is 2. The van der Waals surface area contributed by atoms with Crippen LogP contribution in [0.5, 0.6) is 23.3 Å². The fourth-order valence-corrected chi connectivity index (χ4v) is 19.5. The number of methoxy groups -OCH3 is 4. The number of nitrogens with zero attached hydrogens (tertiary/aromatic N) is 4. The van der Waals surface area contributed by atoms with Crippen molar-refractivity contribution in [3.05, 3.63) is 85.2 Å². The number of hydrogen-bond donors (Lipinski definition) is 2. The number of amides is 4. The quantitative estimate of drug-likeness (QED) is 0.0613. The predicted octanol–water partition coefficient (Wildman–Crippen LogP) is 11.1. The van der Waals surface area contributed by atoms with E-state index in [-0.39, 0.29) is 112 Å². The van der Waals surface area contributed by atoms with Crippen molar-refractivity contribution in [2.75, 3.05) is 54.7 Å². The Kier molecular flexibility index (Phi) is 25.6. The number of ether oxygens (including phenoxy) is 8. The number of ketones is 2. The molecule has 0 spiro atoms. The van der Waals surface area contributed by atoms with Gasteiger partial charge in [0.05, 0.1) is 96.8 Å². The molecule has 26 nitrogen and oxygen atoms in total. The van der Waals surface area contributed by atoms with Gasteiger partial charge in [0.25, 0.3) is 0 Å². The highest BCUT2D eigenvalue weighted by Gasteiger charge is 2.65. The standard InChI is InChI=1S/2C42H57N3O10S/c2*1-26-12-8-9-13-28-21-42(28,39(49)44-56(50,51)41(5)16-17-41)22-34(46)33-19-29(54-37-31-15-11-10-14-30(31)35(53-7)23-43-37)24-45(33)38(48)32(27(18-26)25-52-6)20-36(47)55-40(2,3)4/h2*9-11,13-15,23,26-29,32-33H,8,12,16-22,24-25H2,1-7H3,(H,44,49)/b2*13-9-/t26-,27+,28-,29-,32+,33+,42-;26-,27-,28+,29+,32-,33-,42+/m10/s1. The summed E-state index contributed by atoms with van der Waals surface area (Å²) in [6.07, 6.45) is 15.4. The summed E-state index contributed by atoms with van der Waals surface area (Å²) in [6, 6.07) is 12.9. The summed E-state index contributed by atoms with van der Waals surface area (Å²) in [4.78, 5) is 127. The van der Waals surface area contributed by atoms with Gasteiger partial charge < -0.3 is 47.7 Å². The average molecular weight is 1590 g/mol. The molecule has 4 aromatic rings. The highest BCUT2D eigenvalue weighted by Crippen LogP contribution is 2.59. The fourth-order valence-electron chi connectivity index (χ4n) is 16.8. The topological polar surface area (TPSA) is 335 Å². The molecule has 8 aliphatic rings. The predicted molar refractivity (Wildman–Crippen MR) is 418 cm³/mol. The summed E-state index contributed by atoms with van der Waals surface area (Å²) in [5.41, 5.74) is -4.13. The fraction of sp³-hybridized carbons (Fsp3) is 0.643. The van der Waals surface area contributed by atoms with Crippen LogP contribution in [0.1, 0.15) is 185 Å². The van der Waals surface area contributed by atoms with Crippen molar-refractivity contribution in [3.8, 4) is 23.3 Å². The van der Waals surface area contributed by atoms with E-state index in [0.717, 1.165) is 23.6 Å². The van der Waals surface area contributed by atoms with Gasteiger partial charge in [-0.1, -0.05) is 74.5 Å². The van der Waals surface area contributed by atoms with Gasteiger partial charge in [0.1, 0.15) is 34.9 Å². The van der Waals surface area contributed by atoms with Crippen LogP contribution in [-0.2, 0) is 77.4 Å². The van der Waals surface area contributed by atoms with Crippen molar-refractivity contribution in [2.24, 2.45) is 58.2 Å². The number of pyridine rings is 2. The molecule has 28 heteroatoms. The molecule has 2 aromatic carbocycles. The Morgan fingerprint density at radius 2 is 0.893 bits per heavy atom. The largest absolute Gasteiger partial charge is 0.494 e. The van der Waals surface area contributed by atoms with Crippen LogP contribution in [-0.4, -0.2) is 183 Å². The molecule has 4 saturated carbocycles. The first kappa shape index (κ1) is 84.8. The molecular formula is C84H114N6O20S2. The van der Waals surface area contributed by atoms with Gasteiger partial charge in [0, 0.05) is 74.7 Å². The maximum Gasteiger partial charge on any atom is 0.307 e. The maximum atomic E-state index is 15.1. The van der Waals surface area contributed by atoms with E-state index in [2.05, 4.69) is 33.3 Å². The smallest absolute Gasteiger partial charge is 0.307 e. The van der Waals surface area contributed by atoms with Crippen LogP contribution < -0.4 is 28.4 Å². The highest BCUT2D eigenvalue weighted by atomic mass is 32.2. The minimum absolute atomic E-state index is 0.0204. The number of sulfonamides is 2. The van der Waals surface area contributed by atoms with E-state index < -0.39 is 123 Å². The van der Waals surface area contributed by atoms with Gasteiger partial charge in [0.15, 0.2) is 11.6 Å². The van der Waals surface area contributed by atoms with Crippen LogP contribution in [0.4, 0.5) is 0 Å². The average Bonchev–Trinajstić information content (AvgIpc) is 1.57. The number of esters is 2. The van der Waals surface area contributed by atoms with Gasteiger partial charge in [0.2, 0.25) is 55.4 Å². The number of hydrogen-bond acceptors (Lipinski definition) is 22. The molecule has 12 rings (SSSR count). The lowest BCUT2D eigenvalue weighted by Crippen LogP contribution is -2.48. The summed E-state index contributed by atoms with van der Waals surface area (Å²) >= 11 is 0. The molecule has 6 fully saturated rings. The van der Waals surface area contributed by atoms with Gasteiger partial charge in [-0.15, -0.1) is 0 Å². The normalized spacial score (nSPS) is 29.9. The van der Waals surface area contributed by atoms with E-state index >= 15 is 9.59 Å². The minimum Gasteiger partial charge on any atom is -0.494 e. The number of nitrogens with one attached hydrogen (secondary N) is 2. The summed E-state index contributed by atoms with van der Waals surface area (Å²) in [7, 11) is -1.68. The van der Waals surface area contributed by atoms with E-state index in [1.807, 2.05) is 72.8 Å². The lowest BCUT2D eigenvalue weighted by Gasteiger charge is -2.33. The molecule has 112 heavy (non-hydrogen) atoms. The SMILES string of the molecule is COC[C@@H]1C[C@@H](C)CC/C=C\[C@@H]2C[C@@]2(C(=O)NS(=O)(=O)C2(C)CC2)CC(=O)[C@@H]2C[C@@H](Oc3ncc(OC)c4ccccc34)CN2C(=O)[C@H]1CC(=O)OC(C)(C)C.COC[C@@H]1C[C@H](C)CC/C=C\[C@@H]2C[C@@]2(C(=O)NS(=O)(=O)C2(C)CC2)CC(=O)[C@@H]2C[C@@H](Oc3ncc(OC)c4ccccc34)CN2C(=O)[C@H]1CC(=O)OC(C)(C)C. The Labute approximate surface area is 658 Å². The Hall–Kier alpha value is -8.08. The van der Waals surface area contributed by atoms with Gasteiger partial charge >= 0.3 is 11.9 Å². The summed E-state index contributed by atoms with van der Waals surface area (Å²) in [5, 5.41) is 2.95. The molecule has 2 N–H and O–H groups in total. The Morgan fingerprint density at radius 1 is 0.536 bits per heavy atom. The summed E-state index contributed by atoms with van der Waals surface area (Å²) in [5.74, 6) is -5.14. The van der Waals surface area contributed by atoms with Crippen molar-refractivity contribution in [1.29, 1.82) is 0 Å². The van der Waals surface area contributed by atoms with E-state index in [9.17, 15) is 45.6 Å². The van der Waals surface area contributed by atoms with Crippen LogP contribution in [0.2, 0.25) is 0 Å². The summed E-state index contributed by atoms with van der Waals surface area (Å²) in [6.45, 7) is 18.5. The molecule has 4 aliphatic heterocycles. The number of aromatic nitrogens is 2. The molecule has 0 unspecified atom stereocenters. The van der Waals surface area contributed by atoms with Crippen LogP contribution in [0.25, 0.3) is 21.5 Å². The van der Waals surface area contributed by atoms with Crippen LogP contribution in [0.3, 0.4) is 0 Å². The second-order valence-corrected chi connectivity index (χ2v) is 39.6. The third-order valence-electron chi connectivity index (χ3n) is 24.0. The Balaban J connectivity index is 0.000000221. The molecule has 0 radical (unpaired) electrons. The van der Waals surface area contributed by atoms with Crippen LogP contribution in [0, 0.1) is 58.2 Å². The number of fused-ring (bicyclic) bond motifs is 6. The van der Waals surface area contributed by atoms with Crippen LogP contribution >= 0.6 is 0 Å². The number of carbonyl (C=O) groups is 8. The number of allylic oxidation sites excluding steroid dienone is 4. The lowest BCUT2D eigenvalue weighted by atomic mass is 9.81.